The number of ether oxygens (including phenoxy) is 1. The molecule has 1 atom stereocenters. The van der Waals surface area contributed by atoms with E-state index in [-0.39, 0.29) is 36.2 Å². The highest BCUT2D eigenvalue weighted by Crippen LogP contribution is 2.24. The minimum absolute atomic E-state index is 0.00227. The molecule has 0 aromatic carbocycles. The normalized spacial score (nSPS) is 20.8. The van der Waals surface area contributed by atoms with Crippen molar-refractivity contribution in [2.45, 2.75) is 25.2 Å². The van der Waals surface area contributed by atoms with Crippen LogP contribution in [-0.4, -0.2) is 43.9 Å². The van der Waals surface area contributed by atoms with Gasteiger partial charge in [0.15, 0.2) is 0 Å². The first kappa shape index (κ1) is 18.8. The van der Waals surface area contributed by atoms with Crippen molar-refractivity contribution in [3.8, 4) is 0 Å². The first-order valence-electron chi connectivity index (χ1n) is 7.65. The molecule has 10 heteroatoms. The summed E-state index contributed by atoms with van der Waals surface area (Å²) in [6.45, 7) is 1.16. The van der Waals surface area contributed by atoms with Crippen molar-refractivity contribution in [1.29, 1.82) is 0 Å². The monoisotopic (exact) mass is 360 g/mol. The Morgan fingerprint density at radius 2 is 2.16 bits per heavy atom. The van der Waals surface area contributed by atoms with E-state index in [1.807, 2.05) is 0 Å². The van der Waals surface area contributed by atoms with Crippen molar-refractivity contribution in [1.82, 2.24) is 16.0 Å². The molecule has 2 amide bonds. The molecule has 1 heterocycles. The molecule has 0 spiro atoms. The number of rotatable bonds is 5. The molecule has 1 aliphatic carbocycles. The van der Waals surface area contributed by atoms with Crippen LogP contribution >= 0.6 is 0 Å². The first-order chi connectivity index (χ1) is 11.7. The molecule has 5 N–H and O–H groups in total. The molecule has 1 unspecified atom stereocenters. The molecule has 0 aromatic rings. The molecular formula is C15H19F3N4O3. The van der Waals surface area contributed by atoms with Crippen LogP contribution in [0, 0.1) is 0 Å². The summed E-state index contributed by atoms with van der Waals surface area (Å²) in [6.07, 6.45) is -0.659. The van der Waals surface area contributed by atoms with E-state index in [1.54, 1.807) is 0 Å². The number of halogens is 3. The maximum absolute atomic E-state index is 12.3. The smallest absolute Gasteiger partial charge is 0.406 e. The highest BCUT2D eigenvalue weighted by Gasteiger charge is 2.32. The number of carbonyl (C=O) groups is 2. The second-order valence-corrected chi connectivity index (χ2v) is 5.58. The molecular weight excluding hydrogens is 341 g/mol. The molecule has 7 nitrogen and oxygen atoms in total. The van der Waals surface area contributed by atoms with Gasteiger partial charge < -0.3 is 26.4 Å². The Hall–Kier alpha value is -2.49. The van der Waals surface area contributed by atoms with E-state index >= 15 is 0 Å². The molecule has 0 bridgehead atoms. The standard InChI is InChI=1S/C15H19F3N4O3/c16-15(17,18)25-10-2-1-3-12(19)11(6-10)14(24)21-8-13(23)22-9-4-5-20-7-9/h1-2,6,9,20H,3-5,7-8,19H2,(H,21,24)(H,22,23). The first-order valence-corrected chi connectivity index (χ1v) is 7.65. The van der Waals surface area contributed by atoms with Crippen molar-refractivity contribution in [3.05, 3.63) is 35.3 Å². The average Bonchev–Trinajstić information content (AvgIpc) is 2.94. The Morgan fingerprint density at radius 3 is 2.80 bits per heavy atom. The SMILES string of the molecule is NC1=C(C(=O)NCC(=O)NC2CCNC2)C=C(OC(F)(F)F)C=CC1. The van der Waals surface area contributed by atoms with Gasteiger partial charge >= 0.3 is 6.36 Å². The van der Waals surface area contributed by atoms with Gasteiger partial charge in [0.2, 0.25) is 5.91 Å². The van der Waals surface area contributed by atoms with E-state index < -0.39 is 18.0 Å². The van der Waals surface area contributed by atoms with Gasteiger partial charge in [-0.2, -0.15) is 0 Å². The Balaban J connectivity index is 1.95. The highest BCUT2D eigenvalue weighted by molar-refractivity contribution is 5.99. The third-order valence-corrected chi connectivity index (χ3v) is 3.57. The van der Waals surface area contributed by atoms with Crippen LogP contribution in [-0.2, 0) is 14.3 Å². The summed E-state index contributed by atoms with van der Waals surface area (Å²) >= 11 is 0. The number of nitrogens with two attached hydrogens (primary N) is 1. The van der Waals surface area contributed by atoms with E-state index in [9.17, 15) is 22.8 Å². The molecule has 1 aliphatic heterocycles. The number of hydrogen-bond donors (Lipinski definition) is 4. The molecule has 25 heavy (non-hydrogen) atoms. The topological polar surface area (TPSA) is 105 Å². The molecule has 1 fully saturated rings. The summed E-state index contributed by atoms with van der Waals surface area (Å²) < 4.78 is 40.8. The van der Waals surface area contributed by atoms with Gasteiger partial charge in [-0.1, -0.05) is 6.08 Å². The van der Waals surface area contributed by atoms with Gasteiger partial charge in [-0.25, -0.2) is 0 Å². The number of allylic oxidation sites excluding steroid dienone is 2. The molecule has 2 rings (SSSR count). The Bertz CT molecular complexity index is 620. The van der Waals surface area contributed by atoms with Crippen LogP contribution in [0.2, 0.25) is 0 Å². The number of alkyl halides is 3. The minimum Gasteiger partial charge on any atom is -0.406 e. The largest absolute Gasteiger partial charge is 0.573 e. The molecule has 138 valence electrons. The van der Waals surface area contributed by atoms with Crippen molar-refractivity contribution in [3.63, 3.8) is 0 Å². The van der Waals surface area contributed by atoms with Gasteiger partial charge in [0, 0.05) is 24.7 Å². The second kappa shape index (κ2) is 8.06. The minimum atomic E-state index is -4.88. The van der Waals surface area contributed by atoms with Crippen LogP contribution in [0.15, 0.2) is 35.3 Å². The lowest BCUT2D eigenvalue weighted by molar-refractivity contribution is -0.303. The summed E-state index contributed by atoms with van der Waals surface area (Å²) in [7, 11) is 0. The average molecular weight is 360 g/mol. The van der Waals surface area contributed by atoms with Gasteiger partial charge in [-0.15, -0.1) is 13.2 Å². The summed E-state index contributed by atoms with van der Waals surface area (Å²) in [4.78, 5) is 23.9. The maximum atomic E-state index is 12.3. The Kier molecular flexibility index (Phi) is 6.07. The summed E-state index contributed by atoms with van der Waals surface area (Å²) in [5, 5.41) is 8.17. The summed E-state index contributed by atoms with van der Waals surface area (Å²) in [5.41, 5.74) is 5.63. The van der Waals surface area contributed by atoms with Gasteiger partial charge in [-0.3, -0.25) is 9.59 Å². The zero-order chi connectivity index (χ0) is 18.4. The lowest BCUT2D eigenvalue weighted by Crippen LogP contribution is -2.43. The van der Waals surface area contributed by atoms with E-state index in [1.165, 1.54) is 6.08 Å². The number of carbonyl (C=O) groups excluding carboxylic acids is 2. The molecule has 1 saturated heterocycles. The van der Waals surface area contributed by atoms with Gasteiger partial charge in [-0.05, 0) is 25.1 Å². The van der Waals surface area contributed by atoms with Crippen LogP contribution in [0.1, 0.15) is 12.8 Å². The fraction of sp³-hybridized carbons (Fsp3) is 0.467. The lowest BCUT2D eigenvalue weighted by atomic mass is 10.1. The van der Waals surface area contributed by atoms with Crippen molar-refractivity contribution >= 4 is 11.8 Å². The quantitative estimate of drug-likeness (QED) is 0.560. The number of hydrogen-bond acceptors (Lipinski definition) is 5. The van der Waals surface area contributed by atoms with Gasteiger partial charge in [0.25, 0.3) is 5.91 Å². The molecule has 0 radical (unpaired) electrons. The van der Waals surface area contributed by atoms with E-state index in [0.717, 1.165) is 25.1 Å². The Morgan fingerprint density at radius 1 is 1.40 bits per heavy atom. The second-order valence-electron chi connectivity index (χ2n) is 5.58. The van der Waals surface area contributed by atoms with E-state index in [4.69, 9.17) is 5.73 Å². The molecule has 0 aromatic heterocycles. The molecule has 0 saturated carbocycles. The van der Waals surface area contributed by atoms with Gasteiger partial charge in [0.1, 0.15) is 5.76 Å². The van der Waals surface area contributed by atoms with Crippen LogP contribution in [0.25, 0.3) is 0 Å². The fourth-order valence-corrected chi connectivity index (χ4v) is 2.42. The summed E-state index contributed by atoms with van der Waals surface area (Å²) in [5.74, 6) is -1.69. The number of nitrogens with one attached hydrogen (secondary N) is 3. The van der Waals surface area contributed by atoms with E-state index in [2.05, 4.69) is 20.7 Å². The van der Waals surface area contributed by atoms with Crippen molar-refractivity contribution in [2.75, 3.05) is 19.6 Å². The summed E-state index contributed by atoms with van der Waals surface area (Å²) in [6, 6.07) is 0.00227. The lowest BCUT2D eigenvalue weighted by Gasteiger charge is -2.13. The highest BCUT2D eigenvalue weighted by atomic mass is 19.4. The Labute approximate surface area is 142 Å². The third-order valence-electron chi connectivity index (χ3n) is 3.57. The van der Waals surface area contributed by atoms with Crippen LogP contribution < -0.4 is 21.7 Å². The van der Waals surface area contributed by atoms with Crippen LogP contribution in [0.4, 0.5) is 13.2 Å². The number of amides is 2. The van der Waals surface area contributed by atoms with Crippen molar-refractivity contribution < 1.29 is 27.5 Å². The zero-order valence-corrected chi connectivity index (χ0v) is 13.3. The molecule has 2 aliphatic rings. The maximum Gasteiger partial charge on any atom is 0.573 e. The third kappa shape index (κ3) is 6.14. The van der Waals surface area contributed by atoms with Crippen LogP contribution in [0.5, 0.6) is 0 Å². The van der Waals surface area contributed by atoms with Crippen LogP contribution in [0.3, 0.4) is 0 Å². The predicted molar refractivity (Wildman–Crippen MR) is 82.6 cm³/mol. The van der Waals surface area contributed by atoms with Crippen molar-refractivity contribution in [2.24, 2.45) is 5.73 Å². The zero-order valence-electron chi connectivity index (χ0n) is 13.3. The van der Waals surface area contributed by atoms with E-state index in [0.29, 0.717) is 6.54 Å². The predicted octanol–water partition coefficient (Wildman–Crippen LogP) is 0.174. The van der Waals surface area contributed by atoms with Gasteiger partial charge in [0.05, 0.1) is 12.1 Å². The fourth-order valence-electron chi connectivity index (χ4n) is 2.42.